The summed E-state index contributed by atoms with van der Waals surface area (Å²) in [4.78, 5) is 18.4. The zero-order valence-electron chi connectivity index (χ0n) is 16.5. The fourth-order valence-electron chi connectivity index (χ4n) is 3.73. The molecule has 1 fully saturated rings. The highest BCUT2D eigenvalue weighted by Crippen LogP contribution is 2.30. The molecule has 1 saturated carbocycles. The monoisotopic (exact) mass is 370 g/mol. The molecular formula is C21H30N4O2. The average molecular weight is 370 g/mol. The molecule has 1 heterocycles. The highest BCUT2D eigenvalue weighted by atomic mass is 16.5. The lowest BCUT2D eigenvalue weighted by Gasteiger charge is -2.30. The first kappa shape index (κ1) is 19.3. The van der Waals surface area contributed by atoms with E-state index >= 15 is 0 Å². The standard InChI is InChI=1S/C21H30N4O2/c1-4-27-21(26)22-14-15-9-11-16(12-10-15)23-20-13-19(25(2)3)17-7-5-6-8-18(17)24-20/h5-8,13,15-16H,4,9-12,14H2,1-3H3,(H,22,26)(H,23,24). The summed E-state index contributed by atoms with van der Waals surface area (Å²) >= 11 is 0. The van der Waals surface area contributed by atoms with Crippen molar-refractivity contribution in [1.29, 1.82) is 0 Å². The Morgan fingerprint density at radius 2 is 1.96 bits per heavy atom. The number of alkyl carbamates (subject to hydrolysis) is 1. The number of carbonyl (C=O) groups excluding carboxylic acids is 1. The Kier molecular flexibility index (Phi) is 6.37. The Morgan fingerprint density at radius 3 is 2.67 bits per heavy atom. The predicted octanol–water partition coefficient (Wildman–Crippen LogP) is 4.02. The summed E-state index contributed by atoms with van der Waals surface area (Å²) in [7, 11) is 4.13. The lowest BCUT2D eigenvalue weighted by Crippen LogP contribution is -2.34. The fraction of sp³-hybridized carbons (Fsp3) is 0.524. The summed E-state index contributed by atoms with van der Waals surface area (Å²) in [6.07, 6.45) is 4.05. The van der Waals surface area contributed by atoms with E-state index in [0.717, 1.165) is 37.0 Å². The van der Waals surface area contributed by atoms with Crippen molar-refractivity contribution in [1.82, 2.24) is 10.3 Å². The number of amides is 1. The summed E-state index contributed by atoms with van der Waals surface area (Å²) in [5.41, 5.74) is 2.19. The smallest absolute Gasteiger partial charge is 0.407 e. The van der Waals surface area contributed by atoms with Crippen LogP contribution in [-0.4, -0.2) is 44.4 Å². The Bertz CT molecular complexity index is 770. The molecule has 2 aromatic rings. The number of rotatable bonds is 6. The number of hydrogen-bond acceptors (Lipinski definition) is 5. The van der Waals surface area contributed by atoms with Crippen molar-refractivity contribution >= 4 is 28.5 Å². The first-order valence-corrected chi connectivity index (χ1v) is 9.81. The molecule has 2 N–H and O–H groups in total. The van der Waals surface area contributed by atoms with E-state index in [1.165, 1.54) is 11.1 Å². The third-order valence-corrected chi connectivity index (χ3v) is 5.19. The maximum absolute atomic E-state index is 11.4. The second-order valence-corrected chi connectivity index (χ2v) is 7.40. The van der Waals surface area contributed by atoms with Gasteiger partial charge in [-0.15, -0.1) is 0 Å². The number of benzene rings is 1. The highest BCUT2D eigenvalue weighted by molar-refractivity contribution is 5.93. The number of fused-ring (bicyclic) bond motifs is 1. The second-order valence-electron chi connectivity index (χ2n) is 7.40. The minimum atomic E-state index is -0.311. The van der Waals surface area contributed by atoms with E-state index in [1.54, 1.807) is 0 Å². The Hall–Kier alpha value is -2.50. The van der Waals surface area contributed by atoms with Crippen LogP contribution >= 0.6 is 0 Å². The molecule has 6 nitrogen and oxygen atoms in total. The van der Waals surface area contributed by atoms with Crippen molar-refractivity contribution in [2.24, 2.45) is 5.92 Å². The minimum absolute atomic E-state index is 0.311. The van der Waals surface area contributed by atoms with Gasteiger partial charge < -0.3 is 20.3 Å². The quantitative estimate of drug-likeness (QED) is 0.804. The molecule has 0 bridgehead atoms. The van der Waals surface area contributed by atoms with Crippen molar-refractivity contribution in [2.45, 2.75) is 38.6 Å². The van der Waals surface area contributed by atoms with Gasteiger partial charge in [-0.05, 0) is 44.6 Å². The number of para-hydroxylation sites is 1. The molecule has 1 aromatic carbocycles. The van der Waals surface area contributed by atoms with Gasteiger partial charge in [0.2, 0.25) is 0 Å². The molecule has 1 aliphatic rings. The SMILES string of the molecule is CCOC(=O)NCC1CCC(Nc2cc(N(C)C)c3ccccc3n2)CC1. The van der Waals surface area contributed by atoms with Gasteiger partial charge in [-0.3, -0.25) is 0 Å². The predicted molar refractivity (Wildman–Crippen MR) is 110 cm³/mol. The zero-order valence-corrected chi connectivity index (χ0v) is 16.5. The van der Waals surface area contributed by atoms with Gasteiger partial charge in [-0.2, -0.15) is 0 Å². The number of nitrogens with one attached hydrogen (secondary N) is 2. The minimum Gasteiger partial charge on any atom is -0.450 e. The van der Waals surface area contributed by atoms with Crippen LogP contribution in [0.3, 0.4) is 0 Å². The van der Waals surface area contributed by atoms with Gasteiger partial charge in [-0.25, -0.2) is 9.78 Å². The van der Waals surface area contributed by atoms with Crippen LogP contribution in [0.1, 0.15) is 32.6 Å². The van der Waals surface area contributed by atoms with Gasteiger partial charge in [0, 0.05) is 43.8 Å². The van der Waals surface area contributed by atoms with Crippen LogP contribution in [0.25, 0.3) is 10.9 Å². The number of anilines is 2. The van der Waals surface area contributed by atoms with Crippen molar-refractivity contribution in [3.63, 3.8) is 0 Å². The molecule has 27 heavy (non-hydrogen) atoms. The van der Waals surface area contributed by atoms with Gasteiger partial charge in [-0.1, -0.05) is 18.2 Å². The summed E-state index contributed by atoms with van der Waals surface area (Å²) in [6, 6.07) is 10.8. The summed E-state index contributed by atoms with van der Waals surface area (Å²) in [6.45, 7) is 2.93. The molecular weight excluding hydrogens is 340 g/mol. The summed E-state index contributed by atoms with van der Waals surface area (Å²) in [5, 5.41) is 7.65. The third-order valence-electron chi connectivity index (χ3n) is 5.19. The number of aromatic nitrogens is 1. The van der Waals surface area contributed by atoms with Crippen LogP contribution in [-0.2, 0) is 4.74 Å². The van der Waals surface area contributed by atoms with Crippen molar-refractivity contribution in [2.75, 3.05) is 37.5 Å². The highest BCUT2D eigenvalue weighted by Gasteiger charge is 2.22. The van der Waals surface area contributed by atoms with Crippen molar-refractivity contribution < 1.29 is 9.53 Å². The number of ether oxygens (including phenoxy) is 1. The first-order chi connectivity index (χ1) is 13.1. The summed E-state index contributed by atoms with van der Waals surface area (Å²) in [5.74, 6) is 1.46. The van der Waals surface area contributed by atoms with Gasteiger partial charge in [0.15, 0.2) is 0 Å². The van der Waals surface area contributed by atoms with Crippen LogP contribution in [0.5, 0.6) is 0 Å². The fourth-order valence-corrected chi connectivity index (χ4v) is 3.73. The van der Waals surface area contributed by atoms with Crippen LogP contribution in [0, 0.1) is 5.92 Å². The summed E-state index contributed by atoms with van der Waals surface area (Å²) < 4.78 is 4.92. The molecule has 1 amide bonds. The van der Waals surface area contributed by atoms with E-state index < -0.39 is 0 Å². The van der Waals surface area contributed by atoms with Gasteiger partial charge in [0.05, 0.1) is 12.1 Å². The molecule has 6 heteroatoms. The normalized spacial score (nSPS) is 19.5. The molecule has 0 atom stereocenters. The largest absolute Gasteiger partial charge is 0.450 e. The third kappa shape index (κ3) is 5.02. The van der Waals surface area contributed by atoms with E-state index in [4.69, 9.17) is 9.72 Å². The number of pyridine rings is 1. The number of carbonyl (C=O) groups is 1. The van der Waals surface area contributed by atoms with Gasteiger partial charge in [0.1, 0.15) is 5.82 Å². The first-order valence-electron chi connectivity index (χ1n) is 9.81. The van der Waals surface area contributed by atoms with E-state index in [9.17, 15) is 4.79 Å². The van der Waals surface area contributed by atoms with Crippen LogP contribution in [0.2, 0.25) is 0 Å². The lowest BCUT2D eigenvalue weighted by molar-refractivity contribution is 0.149. The van der Waals surface area contributed by atoms with Crippen molar-refractivity contribution in [3.8, 4) is 0 Å². The number of hydrogen-bond donors (Lipinski definition) is 2. The lowest BCUT2D eigenvalue weighted by atomic mass is 9.86. The zero-order chi connectivity index (χ0) is 19.2. The van der Waals surface area contributed by atoms with Crippen molar-refractivity contribution in [3.05, 3.63) is 30.3 Å². The molecule has 0 spiro atoms. The van der Waals surface area contributed by atoms with Gasteiger partial charge in [0.25, 0.3) is 0 Å². The van der Waals surface area contributed by atoms with E-state index in [2.05, 4.69) is 53.9 Å². The van der Waals surface area contributed by atoms with Crippen LogP contribution in [0.15, 0.2) is 30.3 Å². The molecule has 1 aromatic heterocycles. The maximum Gasteiger partial charge on any atom is 0.407 e. The van der Waals surface area contributed by atoms with E-state index in [1.807, 2.05) is 13.0 Å². The molecule has 3 rings (SSSR count). The average Bonchev–Trinajstić information content (AvgIpc) is 2.67. The van der Waals surface area contributed by atoms with Gasteiger partial charge >= 0.3 is 6.09 Å². The Labute approximate surface area is 161 Å². The Balaban J connectivity index is 1.58. The van der Waals surface area contributed by atoms with Crippen LogP contribution in [0.4, 0.5) is 16.3 Å². The van der Waals surface area contributed by atoms with E-state index in [0.29, 0.717) is 25.1 Å². The Morgan fingerprint density at radius 1 is 1.22 bits per heavy atom. The topological polar surface area (TPSA) is 66.5 Å². The molecule has 0 aliphatic heterocycles. The van der Waals surface area contributed by atoms with Crippen LogP contribution < -0.4 is 15.5 Å². The molecule has 0 unspecified atom stereocenters. The maximum atomic E-state index is 11.4. The molecule has 0 radical (unpaired) electrons. The second kappa shape index (κ2) is 8.93. The number of nitrogens with zero attached hydrogens (tertiary/aromatic N) is 2. The molecule has 1 aliphatic carbocycles. The molecule has 0 saturated heterocycles. The molecule has 146 valence electrons. The van der Waals surface area contributed by atoms with E-state index in [-0.39, 0.29) is 6.09 Å².